The van der Waals surface area contributed by atoms with Gasteiger partial charge < -0.3 is 15.8 Å². The lowest BCUT2D eigenvalue weighted by Crippen LogP contribution is -2.45. The molecule has 1 aromatic heterocycles. The van der Waals surface area contributed by atoms with Gasteiger partial charge in [0.05, 0.1) is 18.5 Å². The quantitative estimate of drug-likeness (QED) is 0.691. The Balaban J connectivity index is 2.12. The number of carbonyl (C=O) groups is 2. The number of rotatable bonds is 5. The van der Waals surface area contributed by atoms with Crippen LogP contribution in [0.3, 0.4) is 0 Å². The van der Waals surface area contributed by atoms with Crippen LogP contribution in [0.15, 0.2) is 0 Å². The van der Waals surface area contributed by atoms with Crippen LogP contribution in [-0.2, 0) is 9.53 Å². The molecular formula is C13H20N4O3. The van der Waals surface area contributed by atoms with Crippen molar-refractivity contribution in [1.29, 1.82) is 0 Å². The predicted octanol–water partition coefficient (Wildman–Crippen LogP) is 0.797. The molecular weight excluding hydrogens is 260 g/mol. The molecule has 1 fully saturated rings. The Morgan fingerprint density at radius 1 is 1.45 bits per heavy atom. The zero-order valence-corrected chi connectivity index (χ0v) is 11.9. The number of H-pyrrole nitrogens is 1. The average molecular weight is 280 g/mol. The summed E-state index contributed by atoms with van der Waals surface area (Å²) in [5.74, 6) is -0.653. The van der Waals surface area contributed by atoms with Crippen LogP contribution in [-0.4, -0.2) is 35.2 Å². The largest absolute Gasteiger partial charge is 0.467 e. The summed E-state index contributed by atoms with van der Waals surface area (Å²) in [5.41, 5.74) is 7.26. The first kappa shape index (κ1) is 14.4. The van der Waals surface area contributed by atoms with E-state index in [0.717, 1.165) is 18.5 Å². The molecule has 1 amide bonds. The van der Waals surface area contributed by atoms with Gasteiger partial charge in [0.15, 0.2) is 5.69 Å². The Morgan fingerprint density at radius 2 is 2.10 bits per heavy atom. The van der Waals surface area contributed by atoms with Gasteiger partial charge in [-0.1, -0.05) is 13.8 Å². The van der Waals surface area contributed by atoms with Gasteiger partial charge in [0.2, 0.25) is 0 Å². The third-order valence-corrected chi connectivity index (χ3v) is 3.44. The van der Waals surface area contributed by atoms with Gasteiger partial charge in [0.25, 0.3) is 5.91 Å². The zero-order chi connectivity index (χ0) is 14.9. The number of hydrogen-bond acceptors (Lipinski definition) is 5. The normalized spacial score (nSPS) is 16.0. The highest BCUT2D eigenvalue weighted by atomic mass is 16.5. The van der Waals surface area contributed by atoms with Crippen molar-refractivity contribution >= 4 is 17.6 Å². The van der Waals surface area contributed by atoms with Crippen LogP contribution in [0, 0.1) is 5.92 Å². The highest BCUT2D eigenvalue weighted by Crippen LogP contribution is 2.42. The summed E-state index contributed by atoms with van der Waals surface area (Å²) >= 11 is 0. The van der Waals surface area contributed by atoms with Gasteiger partial charge in [-0.05, 0) is 18.8 Å². The van der Waals surface area contributed by atoms with Crippen LogP contribution in [0.25, 0.3) is 0 Å². The van der Waals surface area contributed by atoms with Crippen LogP contribution in [0.2, 0.25) is 0 Å². The number of nitrogens with two attached hydrogens (primary N) is 1. The average Bonchev–Trinajstić information content (AvgIpc) is 3.17. The number of ether oxygens (including phenoxy) is 1. The van der Waals surface area contributed by atoms with Gasteiger partial charge in [-0.25, -0.2) is 4.79 Å². The molecule has 1 atom stereocenters. The zero-order valence-electron chi connectivity index (χ0n) is 11.9. The number of aromatic nitrogens is 2. The monoisotopic (exact) mass is 280 g/mol. The van der Waals surface area contributed by atoms with E-state index in [9.17, 15) is 9.59 Å². The lowest BCUT2D eigenvalue weighted by molar-refractivity contribution is -0.144. The fraction of sp³-hybridized carbons (Fsp3) is 0.615. The molecule has 7 heteroatoms. The molecule has 2 rings (SSSR count). The fourth-order valence-electron chi connectivity index (χ4n) is 2.05. The molecule has 0 radical (unpaired) electrons. The van der Waals surface area contributed by atoms with Gasteiger partial charge >= 0.3 is 5.97 Å². The molecule has 0 spiro atoms. The second-order valence-corrected chi connectivity index (χ2v) is 5.39. The first-order chi connectivity index (χ1) is 9.45. The molecule has 1 saturated carbocycles. The van der Waals surface area contributed by atoms with Crippen molar-refractivity contribution in [3.8, 4) is 0 Å². The number of aromatic amines is 1. The molecule has 1 aliphatic rings. The molecule has 0 bridgehead atoms. The number of anilines is 1. The molecule has 1 unspecified atom stereocenters. The van der Waals surface area contributed by atoms with Crippen molar-refractivity contribution in [2.24, 2.45) is 5.92 Å². The van der Waals surface area contributed by atoms with Crippen LogP contribution < -0.4 is 11.1 Å². The van der Waals surface area contributed by atoms with Crippen molar-refractivity contribution in [1.82, 2.24) is 15.5 Å². The Hall–Kier alpha value is -2.05. The number of nitrogen functional groups attached to an aromatic ring is 1. The second kappa shape index (κ2) is 5.52. The number of nitrogens with zero attached hydrogens (tertiary/aromatic N) is 1. The Bertz CT molecular complexity index is 520. The Labute approximate surface area is 117 Å². The summed E-state index contributed by atoms with van der Waals surface area (Å²) in [6, 6.07) is -0.715. The first-order valence-electron chi connectivity index (χ1n) is 6.68. The van der Waals surface area contributed by atoms with Crippen LogP contribution in [0.5, 0.6) is 0 Å². The standard InChI is InChI=1S/C13H20N4O3/c1-6(2)9(13(19)20-3)15-12(18)11-8(14)10(16-17-11)7-4-5-7/h6-7,9H,4-5,14H2,1-3H3,(H,15,18)(H,16,17). The van der Waals surface area contributed by atoms with E-state index in [1.807, 2.05) is 13.8 Å². The minimum atomic E-state index is -0.715. The van der Waals surface area contributed by atoms with Gasteiger partial charge in [0, 0.05) is 5.92 Å². The van der Waals surface area contributed by atoms with E-state index in [1.165, 1.54) is 7.11 Å². The Kier molecular flexibility index (Phi) is 3.96. The van der Waals surface area contributed by atoms with Gasteiger partial charge in [-0.2, -0.15) is 5.10 Å². The minimum Gasteiger partial charge on any atom is -0.467 e. The maximum atomic E-state index is 12.2. The molecule has 4 N–H and O–H groups in total. The third-order valence-electron chi connectivity index (χ3n) is 3.44. The summed E-state index contributed by atoms with van der Waals surface area (Å²) in [7, 11) is 1.29. The van der Waals surface area contributed by atoms with Crippen molar-refractivity contribution < 1.29 is 14.3 Å². The van der Waals surface area contributed by atoms with E-state index in [4.69, 9.17) is 5.73 Å². The number of hydrogen-bond donors (Lipinski definition) is 3. The predicted molar refractivity (Wildman–Crippen MR) is 73.1 cm³/mol. The minimum absolute atomic E-state index is 0.0885. The summed E-state index contributed by atoms with van der Waals surface area (Å²) in [6.07, 6.45) is 2.12. The Morgan fingerprint density at radius 3 is 2.60 bits per heavy atom. The summed E-state index contributed by atoms with van der Waals surface area (Å²) in [5, 5.41) is 9.39. The van der Waals surface area contributed by atoms with E-state index in [2.05, 4.69) is 20.3 Å². The highest BCUT2D eigenvalue weighted by molar-refractivity contribution is 5.99. The van der Waals surface area contributed by atoms with E-state index in [0.29, 0.717) is 11.6 Å². The molecule has 0 saturated heterocycles. The number of nitrogens with one attached hydrogen (secondary N) is 2. The fourth-order valence-corrected chi connectivity index (χ4v) is 2.05. The number of methoxy groups -OCH3 is 1. The van der Waals surface area contributed by atoms with Crippen molar-refractivity contribution in [2.75, 3.05) is 12.8 Å². The van der Waals surface area contributed by atoms with Crippen LogP contribution >= 0.6 is 0 Å². The number of carbonyl (C=O) groups excluding carboxylic acids is 2. The topological polar surface area (TPSA) is 110 Å². The van der Waals surface area contributed by atoms with Crippen molar-refractivity contribution in [3.63, 3.8) is 0 Å². The van der Waals surface area contributed by atoms with E-state index < -0.39 is 17.9 Å². The van der Waals surface area contributed by atoms with Gasteiger partial charge in [-0.3, -0.25) is 9.89 Å². The highest BCUT2D eigenvalue weighted by Gasteiger charge is 2.32. The molecule has 110 valence electrons. The molecule has 0 aromatic carbocycles. The SMILES string of the molecule is COC(=O)C(NC(=O)c1n[nH]c(C2CC2)c1N)C(C)C. The van der Waals surface area contributed by atoms with E-state index >= 15 is 0 Å². The van der Waals surface area contributed by atoms with Crippen molar-refractivity contribution in [3.05, 3.63) is 11.4 Å². The van der Waals surface area contributed by atoms with E-state index in [1.54, 1.807) is 0 Å². The smallest absolute Gasteiger partial charge is 0.328 e. The molecule has 7 nitrogen and oxygen atoms in total. The molecule has 1 aliphatic carbocycles. The van der Waals surface area contributed by atoms with Gasteiger partial charge in [0.1, 0.15) is 6.04 Å². The molecule has 20 heavy (non-hydrogen) atoms. The van der Waals surface area contributed by atoms with Crippen LogP contribution in [0.4, 0.5) is 5.69 Å². The first-order valence-corrected chi connectivity index (χ1v) is 6.68. The lowest BCUT2D eigenvalue weighted by atomic mass is 10.0. The number of esters is 1. The lowest BCUT2D eigenvalue weighted by Gasteiger charge is -2.19. The van der Waals surface area contributed by atoms with Crippen molar-refractivity contribution in [2.45, 2.75) is 38.6 Å². The van der Waals surface area contributed by atoms with E-state index in [-0.39, 0.29) is 11.6 Å². The summed E-state index contributed by atoms with van der Waals surface area (Å²) < 4.78 is 4.68. The molecule has 1 heterocycles. The number of amides is 1. The summed E-state index contributed by atoms with van der Waals surface area (Å²) in [6.45, 7) is 3.65. The maximum Gasteiger partial charge on any atom is 0.328 e. The van der Waals surface area contributed by atoms with Crippen LogP contribution in [0.1, 0.15) is 48.8 Å². The molecule has 0 aliphatic heterocycles. The summed E-state index contributed by atoms with van der Waals surface area (Å²) in [4.78, 5) is 23.8. The third kappa shape index (κ3) is 2.76. The second-order valence-electron chi connectivity index (χ2n) is 5.39. The maximum absolute atomic E-state index is 12.2. The van der Waals surface area contributed by atoms with Gasteiger partial charge in [-0.15, -0.1) is 0 Å². The molecule has 1 aromatic rings.